The molecule has 164 valence electrons. The molecule has 1 atom stereocenters. The first-order valence-electron chi connectivity index (χ1n) is 10.2. The molecule has 0 bridgehead atoms. The van der Waals surface area contributed by atoms with E-state index in [2.05, 4.69) is 5.32 Å². The Bertz CT molecular complexity index is 1120. The molecular weight excluding hydrogens is 424 g/mol. The summed E-state index contributed by atoms with van der Waals surface area (Å²) in [5, 5.41) is 2.80. The van der Waals surface area contributed by atoms with Crippen LogP contribution in [0.2, 0.25) is 0 Å². The van der Waals surface area contributed by atoms with E-state index in [0.29, 0.717) is 11.4 Å². The predicted octanol–water partition coefficient (Wildman–Crippen LogP) is 4.91. The Morgan fingerprint density at radius 1 is 1.00 bits per heavy atom. The molecule has 3 aromatic carbocycles. The van der Waals surface area contributed by atoms with Crippen LogP contribution in [0.3, 0.4) is 0 Å². The number of methoxy groups -OCH3 is 2. The number of nitrogens with zero attached hydrogens (tertiary/aromatic N) is 1. The minimum Gasteiger partial charge on any atom is -0.497 e. The molecule has 0 fully saturated rings. The van der Waals surface area contributed by atoms with Crippen molar-refractivity contribution >= 4 is 35.0 Å². The van der Waals surface area contributed by atoms with Crippen LogP contribution >= 0.6 is 11.8 Å². The molecule has 1 heterocycles. The number of carbonyl (C=O) groups is 2. The lowest BCUT2D eigenvalue weighted by atomic mass is 10.1. The van der Waals surface area contributed by atoms with Crippen LogP contribution in [0.5, 0.6) is 11.5 Å². The van der Waals surface area contributed by atoms with Crippen LogP contribution in [0.4, 0.5) is 11.4 Å². The molecule has 6 nitrogen and oxygen atoms in total. The Morgan fingerprint density at radius 2 is 1.72 bits per heavy atom. The first kappa shape index (κ1) is 21.8. The third-order valence-corrected chi connectivity index (χ3v) is 6.58. The van der Waals surface area contributed by atoms with Crippen molar-refractivity contribution in [3.63, 3.8) is 0 Å². The number of ether oxygens (including phenoxy) is 2. The van der Waals surface area contributed by atoms with E-state index in [0.717, 1.165) is 21.9 Å². The maximum absolute atomic E-state index is 13.3. The van der Waals surface area contributed by atoms with Crippen molar-refractivity contribution in [3.05, 3.63) is 78.4 Å². The van der Waals surface area contributed by atoms with Crippen molar-refractivity contribution in [2.75, 3.05) is 31.0 Å². The number of hydrogen-bond donors (Lipinski definition) is 1. The van der Waals surface area contributed by atoms with E-state index in [4.69, 9.17) is 9.47 Å². The van der Waals surface area contributed by atoms with E-state index in [1.165, 1.54) is 0 Å². The number of rotatable bonds is 6. The highest BCUT2D eigenvalue weighted by Gasteiger charge is 2.30. The molecule has 1 unspecified atom stereocenters. The summed E-state index contributed by atoms with van der Waals surface area (Å²) in [5.41, 5.74) is 2.36. The van der Waals surface area contributed by atoms with E-state index < -0.39 is 0 Å². The summed E-state index contributed by atoms with van der Waals surface area (Å²) >= 11 is 1.63. The molecule has 2 amide bonds. The molecule has 1 N–H and O–H groups in total. The maximum atomic E-state index is 13.3. The molecule has 3 aromatic rings. The van der Waals surface area contributed by atoms with E-state index in [-0.39, 0.29) is 30.0 Å². The molecule has 1 aliphatic heterocycles. The number of amides is 2. The summed E-state index contributed by atoms with van der Waals surface area (Å²) in [4.78, 5) is 28.7. The standard InChI is InChI=1S/C25H24N2O4S/c1-30-18-13-11-17(12-14-18)23-15-25(29)27(20-8-4-6-10-22(20)32-23)16-24(28)26-19-7-3-5-9-21(19)31-2/h3-14,23H,15-16H2,1-2H3,(H,26,28). The Morgan fingerprint density at radius 3 is 2.47 bits per heavy atom. The summed E-state index contributed by atoms with van der Waals surface area (Å²) in [6.45, 7) is -0.0796. The van der Waals surface area contributed by atoms with Crippen molar-refractivity contribution in [3.8, 4) is 11.5 Å². The number of hydrogen-bond acceptors (Lipinski definition) is 5. The van der Waals surface area contributed by atoms with Gasteiger partial charge in [0.25, 0.3) is 0 Å². The van der Waals surface area contributed by atoms with Crippen molar-refractivity contribution in [1.29, 1.82) is 0 Å². The van der Waals surface area contributed by atoms with Gasteiger partial charge in [-0.05, 0) is 42.0 Å². The summed E-state index contributed by atoms with van der Waals surface area (Å²) in [6, 6.07) is 22.7. The summed E-state index contributed by atoms with van der Waals surface area (Å²) in [7, 11) is 3.18. The molecule has 0 spiro atoms. The van der Waals surface area contributed by atoms with Gasteiger partial charge in [-0.1, -0.05) is 36.4 Å². The number of carbonyl (C=O) groups excluding carboxylic acids is 2. The molecule has 0 radical (unpaired) electrons. The van der Waals surface area contributed by atoms with E-state index in [9.17, 15) is 9.59 Å². The fraction of sp³-hybridized carbons (Fsp3) is 0.200. The zero-order valence-electron chi connectivity index (χ0n) is 17.9. The third-order valence-electron chi connectivity index (χ3n) is 5.26. The quantitative estimate of drug-likeness (QED) is 0.580. The molecule has 0 saturated carbocycles. The SMILES string of the molecule is COc1ccc(C2CC(=O)N(CC(=O)Nc3ccccc3OC)c3ccccc3S2)cc1. The van der Waals surface area contributed by atoms with Crippen molar-refractivity contribution in [2.45, 2.75) is 16.6 Å². The van der Waals surface area contributed by atoms with E-state index in [1.54, 1.807) is 43.0 Å². The minimum atomic E-state index is -0.287. The van der Waals surface area contributed by atoms with Crippen LogP contribution in [0.25, 0.3) is 0 Å². The van der Waals surface area contributed by atoms with Gasteiger partial charge in [0, 0.05) is 16.6 Å². The molecular formula is C25H24N2O4S. The second-order valence-electron chi connectivity index (χ2n) is 7.28. The van der Waals surface area contributed by atoms with Crippen LogP contribution in [-0.4, -0.2) is 32.6 Å². The lowest BCUT2D eigenvalue weighted by molar-refractivity contribution is -0.121. The largest absolute Gasteiger partial charge is 0.497 e. The highest BCUT2D eigenvalue weighted by molar-refractivity contribution is 7.99. The average Bonchev–Trinajstić information content (AvgIpc) is 2.96. The highest BCUT2D eigenvalue weighted by atomic mass is 32.2. The Kier molecular flexibility index (Phi) is 6.66. The van der Waals surface area contributed by atoms with Gasteiger partial charge in [0.15, 0.2) is 0 Å². The molecule has 4 rings (SSSR count). The third kappa shape index (κ3) is 4.73. The lowest BCUT2D eigenvalue weighted by Crippen LogP contribution is -2.38. The van der Waals surface area contributed by atoms with Crippen LogP contribution in [0, 0.1) is 0 Å². The van der Waals surface area contributed by atoms with Gasteiger partial charge >= 0.3 is 0 Å². The molecule has 7 heteroatoms. The van der Waals surface area contributed by atoms with Crippen LogP contribution in [0.15, 0.2) is 77.7 Å². The number of nitrogens with one attached hydrogen (secondary N) is 1. The van der Waals surface area contributed by atoms with Crippen LogP contribution in [-0.2, 0) is 9.59 Å². The van der Waals surface area contributed by atoms with Gasteiger partial charge in [0.1, 0.15) is 18.0 Å². The van der Waals surface area contributed by atoms with Gasteiger partial charge in [-0.2, -0.15) is 0 Å². The van der Waals surface area contributed by atoms with Gasteiger partial charge in [0.05, 0.1) is 25.6 Å². The first-order valence-corrected chi connectivity index (χ1v) is 11.1. The maximum Gasteiger partial charge on any atom is 0.244 e. The van der Waals surface area contributed by atoms with Crippen molar-refractivity contribution in [2.24, 2.45) is 0 Å². The number of para-hydroxylation sites is 3. The topological polar surface area (TPSA) is 67.9 Å². The first-order chi connectivity index (χ1) is 15.6. The second-order valence-corrected chi connectivity index (χ2v) is 8.52. The Labute approximate surface area is 191 Å². The number of anilines is 2. The summed E-state index contributed by atoms with van der Waals surface area (Å²) in [6.07, 6.45) is 0.285. The molecule has 32 heavy (non-hydrogen) atoms. The average molecular weight is 449 g/mol. The van der Waals surface area contributed by atoms with Crippen molar-refractivity contribution in [1.82, 2.24) is 0 Å². The summed E-state index contributed by atoms with van der Waals surface area (Å²) < 4.78 is 10.6. The van der Waals surface area contributed by atoms with Gasteiger partial charge < -0.3 is 19.7 Å². The van der Waals surface area contributed by atoms with E-state index in [1.807, 2.05) is 60.7 Å². The second kappa shape index (κ2) is 9.78. The van der Waals surface area contributed by atoms with Gasteiger partial charge in [-0.25, -0.2) is 0 Å². The Hall–Kier alpha value is -3.45. The van der Waals surface area contributed by atoms with Gasteiger partial charge in [-0.15, -0.1) is 11.8 Å². The fourth-order valence-electron chi connectivity index (χ4n) is 3.64. The molecule has 0 saturated heterocycles. The van der Waals surface area contributed by atoms with Crippen LogP contribution in [0.1, 0.15) is 17.2 Å². The molecule has 0 aliphatic carbocycles. The lowest BCUT2D eigenvalue weighted by Gasteiger charge is -2.22. The number of thioether (sulfide) groups is 1. The minimum absolute atomic E-state index is 0.0585. The monoisotopic (exact) mass is 448 g/mol. The van der Waals surface area contributed by atoms with Crippen LogP contribution < -0.4 is 19.7 Å². The number of benzene rings is 3. The zero-order chi connectivity index (χ0) is 22.5. The summed E-state index contributed by atoms with van der Waals surface area (Å²) in [5.74, 6) is 0.955. The molecule has 1 aliphatic rings. The zero-order valence-corrected chi connectivity index (χ0v) is 18.7. The molecule has 0 aromatic heterocycles. The highest BCUT2D eigenvalue weighted by Crippen LogP contribution is 2.45. The Balaban J connectivity index is 1.57. The van der Waals surface area contributed by atoms with Gasteiger partial charge in [-0.3, -0.25) is 9.59 Å². The van der Waals surface area contributed by atoms with E-state index >= 15 is 0 Å². The normalized spacial score (nSPS) is 15.5. The van der Waals surface area contributed by atoms with Gasteiger partial charge in [0.2, 0.25) is 11.8 Å². The predicted molar refractivity (Wildman–Crippen MR) is 127 cm³/mol. The fourth-order valence-corrected chi connectivity index (χ4v) is 4.92. The smallest absolute Gasteiger partial charge is 0.244 e. The van der Waals surface area contributed by atoms with Crippen molar-refractivity contribution < 1.29 is 19.1 Å². The number of fused-ring (bicyclic) bond motifs is 1.